The molecule has 0 aromatic heterocycles. The molecule has 0 aliphatic carbocycles. The molecule has 0 radical (unpaired) electrons. The van der Waals surface area contributed by atoms with Crippen molar-refractivity contribution in [1.29, 1.82) is 0 Å². The Labute approximate surface area is 60.2 Å². The maximum absolute atomic E-state index is 9.87. The highest BCUT2D eigenvalue weighted by Gasteiger charge is 2.18. The van der Waals surface area contributed by atoms with Gasteiger partial charge in [-0.2, -0.15) is 0 Å². The second-order valence-electron chi connectivity index (χ2n) is 1.87. The molecule has 0 aliphatic heterocycles. The summed E-state index contributed by atoms with van der Waals surface area (Å²) in [5.74, 6) is 0. The summed E-state index contributed by atoms with van der Waals surface area (Å²) in [6.45, 7) is 7.16. The van der Waals surface area contributed by atoms with E-state index in [1.54, 1.807) is 6.08 Å². The zero-order chi connectivity index (χ0) is 8.04. The second kappa shape index (κ2) is 3.85. The van der Waals surface area contributed by atoms with E-state index in [0.29, 0.717) is 12.9 Å². The lowest BCUT2D eigenvalue weighted by atomic mass is 10.1. The van der Waals surface area contributed by atoms with Crippen LogP contribution in [0.5, 0.6) is 0 Å². The Morgan fingerprint density at radius 3 is 2.50 bits per heavy atom. The summed E-state index contributed by atoms with van der Waals surface area (Å²) in [5, 5.41) is 0. The molecule has 0 spiro atoms. The lowest BCUT2D eigenvalue weighted by molar-refractivity contribution is -0.138. The van der Waals surface area contributed by atoms with Gasteiger partial charge in [0, 0.05) is 6.42 Å². The number of ether oxygens (including phenoxy) is 1. The third-order valence-corrected chi connectivity index (χ3v) is 1.08. The maximum Gasteiger partial charge on any atom is 0.295 e. The van der Waals surface area contributed by atoms with Crippen LogP contribution in [-0.2, 0) is 9.53 Å². The molecule has 0 aromatic carbocycles. The molecule has 0 heterocycles. The molecule has 0 fully saturated rings. The summed E-state index contributed by atoms with van der Waals surface area (Å²) < 4.78 is 4.53. The van der Waals surface area contributed by atoms with Crippen LogP contribution in [-0.4, -0.2) is 12.2 Å². The van der Waals surface area contributed by atoms with Gasteiger partial charge >= 0.3 is 0 Å². The van der Waals surface area contributed by atoms with Gasteiger partial charge in [0.25, 0.3) is 6.47 Å². The molecule has 0 rings (SSSR count). The van der Waals surface area contributed by atoms with Crippen LogP contribution in [0.2, 0.25) is 0 Å². The number of nitrogens with two attached hydrogens (primary N) is 1. The molecule has 3 heteroatoms. The van der Waals surface area contributed by atoms with Gasteiger partial charge in [-0.15, -0.1) is 6.58 Å². The van der Waals surface area contributed by atoms with E-state index in [2.05, 4.69) is 17.9 Å². The fourth-order valence-corrected chi connectivity index (χ4v) is 0.495. The molecule has 0 aromatic rings. The van der Waals surface area contributed by atoms with Crippen molar-refractivity contribution in [2.45, 2.75) is 12.1 Å². The van der Waals surface area contributed by atoms with Crippen molar-refractivity contribution in [2.75, 3.05) is 0 Å². The molecule has 56 valence electrons. The summed E-state index contributed by atoms with van der Waals surface area (Å²) in [6.07, 6.45) is 3.30. The van der Waals surface area contributed by atoms with E-state index in [4.69, 9.17) is 5.73 Å². The Morgan fingerprint density at radius 2 is 2.20 bits per heavy atom. The minimum Gasteiger partial charge on any atom is -0.442 e. The van der Waals surface area contributed by atoms with Crippen molar-refractivity contribution in [2.24, 2.45) is 5.73 Å². The molecule has 0 saturated heterocycles. The average molecular weight is 141 g/mol. The van der Waals surface area contributed by atoms with E-state index in [0.717, 1.165) is 0 Å². The zero-order valence-electron chi connectivity index (χ0n) is 5.75. The van der Waals surface area contributed by atoms with Crippen molar-refractivity contribution >= 4 is 6.47 Å². The molecule has 0 aliphatic rings. The van der Waals surface area contributed by atoms with Crippen LogP contribution in [0, 0.1) is 0 Å². The second-order valence-corrected chi connectivity index (χ2v) is 1.87. The molecule has 1 unspecified atom stereocenters. The molecular weight excluding hydrogens is 130 g/mol. The van der Waals surface area contributed by atoms with E-state index >= 15 is 0 Å². The van der Waals surface area contributed by atoms with Crippen LogP contribution in [0.4, 0.5) is 0 Å². The maximum atomic E-state index is 9.87. The Balaban J connectivity index is 4.05. The van der Waals surface area contributed by atoms with E-state index in [1.165, 1.54) is 6.08 Å². The predicted octanol–water partition coefficient (Wildman–Crippen LogP) is 0.577. The molecule has 10 heavy (non-hydrogen) atoms. The van der Waals surface area contributed by atoms with Crippen LogP contribution < -0.4 is 5.73 Å². The average Bonchev–Trinajstić information content (AvgIpc) is 1.89. The largest absolute Gasteiger partial charge is 0.442 e. The van der Waals surface area contributed by atoms with Crippen molar-refractivity contribution in [3.05, 3.63) is 25.3 Å². The van der Waals surface area contributed by atoms with E-state index in [-0.39, 0.29) is 0 Å². The zero-order valence-corrected chi connectivity index (χ0v) is 5.75. The monoisotopic (exact) mass is 141 g/mol. The number of carbonyl (C=O) groups is 1. The lowest BCUT2D eigenvalue weighted by Gasteiger charge is -2.20. The highest BCUT2D eigenvalue weighted by molar-refractivity contribution is 5.39. The standard InChI is InChI=1S/C7H11NO2/c1-3-5-7(8,4-2)10-6-9/h3-4,6H,1-2,5,8H2. The number of hydrogen-bond donors (Lipinski definition) is 1. The van der Waals surface area contributed by atoms with E-state index in [9.17, 15) is 4.79 Å². The van der Waals surface area contributed by atoms with Crippen LogP contribution in [0.15, 0.2) is 25.3 Å². The summed E-state index contributed by atoms with van der Waals surface area (Å²) in [6, 6.07) is 0. The Morgan fingerprint density at radius 1 is 1.60 bits per heavy atom. The smallest absolute Gasteiger partial charge is 0.295 e. The van der Waals surface area contributed by atoms with Crippen molar-refractivity contribution in [1.82, 2.24) is 0 Å². The minimum atomic E-state index is -1.08. The van der Waals surface area contributed by atoms with Gasteiger partial charge in [-0.3, -0.25) is 10.5 Å². The first-order valence-electron chi connectivity index (χ1n) is 2.83. The van der Waals surface area contributed by atoms with Gasteiger partial charge in [0.2, 0.25) is 0 Å². The molecule has 0 bridgehead atoms. The topological polar surface area (TPSA) is 52.3 Å². The van der Waals surface area contributed by atoms with Crippen LogP contribution >= 0.6 is 0 Å². The quantitative estimate of drug-likeness (QED) is 0.346. The van der Waals surface area contributed by atoms with Gasteiger partial charge in [-0.25, -0.2) is 0 Å². The lowest BCUT2D eigenvalue weighted by Crippen LogP contribution is -2.39. The van der Waals surface area contributed by atoms with Gasteiger partial charge in [0.1, 0.15) is 0 Å². The number of hydrogen-bond acceptors (Lipinski definition) is 3. The third kappa shape index (κ3) is 2.46. The minimum absolute atomic E-state index is 0.297. The fourth-order valence-electron chi connectivity index (χ4n) is 0.495. The first-order valence-corrected chi connectivity index (χ1v) is 2.83. The first kappa shape index (κ1) is 8.91. The summed E-state index contributed by atoms with van der Waals surface area (Å²) in [7, 11) is 0. The number of carbonyl (C=O) groups excluding carboxylic acids is 1. The van der Waals surface area contributed by atoms with Crippen molar-refractivity contribution in [3.8, 4) is 0 Å². The SMILES string of the molecule is C=CCC(N)(C=C)OC=O. The highest BCUT2D eigenvalue weighted by atomic mass is 16.5. The molecular formula is C7H11NO2. The normalized spacial score (nSPS) is 14.9. The van der Waals surface area contributed by atoms with Crippen LogP contribution in [0.1, 0.15) is 6.42 Å². The highest BCUT2D eigenvalue weighted by Crippen LogP contribution is 2.08. The third-order valence-electron chi connectivity index (χ3n) is 1.08. The predicted molar refractivity (Wildman–Crippen MR) is 39.1 cm³/mol. The van der Waals surface area contributed by atoms with Crippen molar-refractivity contribution < 1.29 is 9.53 Å². The molecule has 1 atom stereocenters. The summed E-state index contributed by atoms with van der Waals surface area (Å²) >= 11 is 0. The first-order chi connectivity index (χ1) is 4.68. The summed E-state index contributed by atoms with van der Waals surface area (Å²) in [4.78, 5) is 9.87. The van der Waals surface area contributed by atoms with Crippen LogP contribution in [0.3, 0.4) is 0 Å². The molecule has 2 N–H and O–H groups in total. The van der Waals surface area contributed by atoms with Gasteiger partial charge < -0.3 is 4.74 Å². The Bertz CT molecular complexity index is 133. The molecule has 3 nitrogen and oxygen atoms in total. The Kier molecular flexibility index (Phi) is 3.43. The molecule has 0 saturated carbocycles. The van der Waals surface area contributed by atoms with E-state index < -0.39 is 5.72 Å². The summed E-state index contributed by atoms with van der Waals surface area (Å²) in [5.41, 5.74) is 4.40. The van der Waals surface area contributed by atoms with E-state index in [1.807, 2.05) is 0 Å². The fraction of sp³-hybridized carbons (Fsp3) is 0.286. The van der Waals surface area contributed by atoms with Gasteiger partial charge in [0.05, 0.1) is 0 Å². The molecule has 0 amide bonds. The van der Waals surface area contributed by atoms with Crippen LogP contribution in [0.25, 0.3) is 0 Å². The Hall–Kier alpha value is -1.09. The van der Waals surface area contributed by atoms with Gasteiger partial charge in [-0.05, 0) is 6.08 Å². The van der Waals surface area contributed by atoms with Gasteiger partial charge in [0.15, 0.2) is 5.72 Å². The van der Waals surface area contributed by atoms with Crippen molar-refractivity contribution in [3.63, 3.8) is 0 Å². The number of rotatable bonds is 5. The van der Waals surface area contributed by atoms with Gasteiger partial charge in [-0.1, -0.05) is 12.7 Å².